The summed E-state index contributed by atoms with van der Waals surface area (Å²) >= 11 is 0. The minimum Gasteiger partial charge on any atom is -0.493 e. The van der Waals surface area contributed by atoms with Gasteiger partial charge in [0.2, 0.25) is 0 Å². The molecule has 0 saturated heterocycles. The summed E-state index contributed by atoms with van der Waals surface area (Å²) in [6, 6.07) is 0.300. The van der Waals surface area contributed by atoms with Crippen molar-refractivity contribution in [1.29, 1.82) is 0 Å². The minimum absolute atomic E-state index is 0.300. The Bertz CT molecular complexity index is 347. The highest BCUT2D eigenvalue weighted by Gasteiger charge is 2.23. The van der Waals surface area contributed by atoms with Gasteiger partial charge in [0.15, 0.2) is 5.75 Å². The molecule has 1 aromatic heterocycles. The molecule has 0 aliphatic carbocycles. The van der Waals surface area contributed by atoms with Gasteiger partial charge in [-0.1, -0.05) is 27.7 Å². The van der Waals surface area contributed by atoms with E-state index in [1.54, 1.807) is 7.11 Å². The highest BCUT2D eigenvalue weighted by molar-refractivity contribution is 5.28. The first-order chi connectivity index (χ1) is 8.65. The van der Waals surface area contributed by atoms with Crippen LogP contribution in [0.2, 0.25) is 0 Å². The molecule has 1 rings (SSSR count). The molecular weight excluding hydrogens is 226 g/mol. The molecule has 18 heavy (non-hydrogen) atoms. The van der Waals surface area contributed by atoms with Gasteiger partial charge in [-0.2, -0.15) is 5.10 Å². The number of nitrogens with zero attached hydrogens (tertiary/aromatic N) is 2. The van der Waals surface area contributed by atoms with Gasteiger partial charge in [-0.15, -0.1) is 0 Å². The molecule has 1 heterocycles. The predicted octanol–water partition coefficient (Wildman–Crippen LogP) is 3.00. The Kier molecular flexibility index (Phi) is 6.19. The number of hydrogen-bond donors (Lipinski definition) is 1. The van der Waals surface area contributed by atoms with E-state index in [2.05, 4.69) is 42.8 Å². The lowest BCUT2D eigenvalue weighted by Gasteiger charge is -2.24. The second-order valence-corrected chi connectivity index (χ2v) is 5.00. The molecule has 0 radical (unpaired) electrons. The summed E-state index contributed by atoms with van der Waals surface area (Å²) in [5, 5.41) is 8.04. The second-order valence-electron chi connectivity index (χ2n) is 5.00. The highest BCUT2D eigenvalue weighted by atomic mass is 16.5. The van der Waals surface area contributed by atoms with E-state index in [9.17, 15) is 0 Å². The van der Waals surface area contributed by atoms with Crippen LogP contribution in [0, 0.1) is 5.92 Å². The number of methoxy groups -OCH3 is 1. The summed E-state index contributed by atoms with van der Waals surface area (Å²) in [5.41, 5.74) is 1.18. The van der Waals surface area contributed by atoms with E-state index >= 15 is 0 Å². The molecule has 0 fully saturated rings. The second kappa shape index (κ2) is 7.41. The van der Waals surface area contributed by atoms with Gasteiger partial charge in [0.25, 0.3) is 0 Å². The molecule has 104 valence electrons. The number of aryl methyl sites for hydroxylation is 1. The molecule has 1 N–H and O–H groups in total. The van der Waals surface area contributed by atoms with Crippen LogP contribution in [0.1, 0.15) is 52.3 Å². The summed E-state index contributed by atoms with van der Waals surface area (Å²) in [6.07, 6.45) is 4.04. The topological polar surface area (TPSA) is 39.1 Å². The quantitative estimate of drug-likeness (QED) is 0.774. The third kappa shape index (κ3) is 3.48. The van der Waals surface area contributed by atoms with Crippen LogP contribution in [0.3, 0.4) is 0 Å². The molecule has 1 unspecified atom stereocenters. The van der Waals surface area contributed by atoms with Crippen molar-refractivity contribution in [3.63, 3.8) is 0 Å². The standard InChI is InChI=1S/C14H27N3O/c1-6-8-15-13(11(3)4)14-12(18-5)10-16-17(14)9-7-2/h10-11,13,15H,6-9H2,1-5H3. The maximum absolute atomic E-state index is 5.46. The van der Waals surface area contributed by atoms with Crippen LogP contribution >= 0.6 is 0 Å². The van der Waals surface area contributed by atoms with Crippen molar-refractivity contribution in [3.8, 4) is 5.75 Å². The van der Waals surface area contributed by atoms with Gasteiger partial charge >= 0.3 is 0 Å². The van der Waals surface area contributed by atoms with Crippen LogP contribution < -0.4 is 10.1 Å². The molecule has 1 atom stereocenters. The summed E-state index contributed by atoms with van der Waals surface area (Å²) in [5.74, 6) is 1.41. The molecule has 4 nitrogen and oxygen atoms in total. The van der Waals surface area contributed by atoms with Crippen molar-refractivity contribution in [1.82, 2.24) is 15.1 Å². The zero-order valence-corrected chi connectivity index (χ0v) is 12.4. The van der Waals surface area contributed by atoms with Gasteiger partial charge < -0.3 is 10.1 Å². The molecule has 0 aliphatic rings. The van der Waals surface area contributed by atoms with E-state index in [-0.39, 0.29) is 0 Å². The molecule has 0 aliphatic heterocycles. The largest absolute Gasteiger partial charge is 0.493 e. The summed E-state index contributed by atoms with van der Waals surface area (Å²) < 4.78 is 7.54. The monoisotopic (exact) mass is 253 g/mol. The van der Waals surface area contributed by atoms with Crippen LogP contribution in [0.4, 0.5) is 0 Å². The van der Waals surface area contributed by atoms with Crippen LogP contribution in [-0.2, 0) is 6.54 Å². The Morgan fingerprint density at radius 3 is 2.56 bits per heavy atom. The van der Waals surface area contributed by atoms with Gasteiger partial charge in [-0.05, 0) is 25.3 Å². The third-order valence-electron chi connectivity index (χ3n) is 3.08. The van der Waals surface area contributed by atoms with Gasteiger partial charge in [0.05, 0.1) is 25.0 Å². The van der Waals surface area contributed by atoms with Crippen molar-refractivity contribution >= 4 is 0 Å². The Hall–Kier alpha value is -1.03. The molecule has 0 spiro atoms. The van der Waals surface area contributed by atoms with E-state index in [0.29, 0.717) is 12.0 Å². The molecule has 0 amide bonds. The summed E-state index contributed by atoms with van der Waals surface area (Å²) in [6.45, 7) is 10.8. The van der Waals surface area contributed by atoms with E-state index in [4.69, 9.17) is 4.74 Å². The van der Waals surface area contributed by atoms with Gasteiger partial charge in [0, 0.05) is 6.54 Å². The molecule has 0 bridgehead atoms. The van der Waals surface area contributed by atoms with Crippen molar-refractivity contribution < 1.29 is 4.74 Å². The lowest BCUT2D eigenvalue weighted by Crippen LogP contribution is -2.29. The van der Waals surface area contributed by atoms with Crippen LogP contribution in [0.15, 0.2) is 6.20 Å². The maximum Gasteiger partial charge on any atom is 0.161 e. The number of hydrogen-bond acceptors (Lipinski definition) is 3. The van der Waals surface area contributed by atoms with Gasteiger partial charge in [-0.3, -0.25) is 4.68 Å². The van der Waals surface area contributed by atoms with E-state index in [1.165, 1.54) is 5.69 Å². The summed E-state index contributed by atoms with van der Waals surface area (Å²) in [7, 11) is 1.72. The van der Waals surface area contributed by atoms with Crippen molar-refractivity contribution in [2.24, 2.45) is 5.92 Å². The van der Waals surface area contributed by atoms with Crippen LogP contribution in [0.5, 0.6) is 5.75 Å². The predicted molar refractivity (Wildman–Crippen MR) is 74.9 cm³/mol. The van der Waals surface area contributed by atoms with E-state index < -0.39 is 0 Å². The lowest BCUT2D eigenvalue weighted by molar-refractivity contribution is 0.351. The average molecular weight is 253 g/mol. The van der Waals surface area contributed by atoms with Crippen molar-refractivity contribution in [3.05, 3.63) is 11.9 Å². The zero-order chi connectivity index (χ0) is 13.5. The average Bonchev–Trinajstić information content (AvgIpc) is 2.73. The number of nitrogens with one attached hydrogen (secondary N) is 1. The first-order valence-corrected chi connectivity index (χ1v) is 6.98. The summed E-state index contributed by atoms with van der Waals surface area (Å²) in [4.78, 5) is 0. The van der Waals surface area contributed by atoms with Crippen molar-refractivity contribution in [2.75, 3.05) is 13.7 Å². The van der Waals surface area contributed by atoms with E-state index in [0.717, 1.165) is 31.7 Å². The number of rotatable bonds is 8. The first-order valence-electron chi connectivity index (χ1n) is 6.98. The third-order valence-corrected chi connectivity index (χ3v) is 3.08. The molecule has 1 aromatic rings. The molecular formula is C14H27N3O. The highest BCUT2D eigenvalue weighted by Crippen LogP contribution is 2.30. The molecule has 4 heteroatoms. The van der Waals surface area contributed by atoms with Gasteiger partial charge in [0.1, 0.15) is 0 Å². The molecule has 0 saturated carbocycles. The first kappa shape index (κ1) is 15.0. The fourth-order valence-corrected chi connectivity index (χ4v) is 2.19. The smallest absolute Gasteiger partial charge is 0.161 e. The SMILES string of the molecule is CCCNC(c1c(OC)cnn1CCC)C(C)C. The minimum atomic E-state index is 0.300. The zero-order valence-electron chi connectivity index (χ0n) is 12.4. The van der Waals surface area contributed by atoms with Crippen LogP contribution in [0.25, 0.3) is 0 Å². The lowest BCUT2D eigenvalue weighted by atomic mass is 10.00. The number of aromatic nitrogens is 2. The fourth-order valence-electron chi connectivity index (χ4n) is 2.19. The van der Waals surface area contributed by atoms with Crippen molar-refractivity contribution in [2.45, 2.75) is 53.1 Å². The fraction of sp³-hybridized carbons (Fsp3) is 0.786. The normalized spacial score (nSPS) is 13.0. The Morgan fingerprint density at radius 2 is 2.06 bits per heavy atom. The van der Waals surface area contributed by atoms with Gasteiger partial charge in [-0.25, -0.2) is 0 Å². The Labute approximate surface area is 111 Å². The number of ether oxygens (including phenoxy) is 1. The maximum atomic E-state index is 5.46. The Morgan fingerprint density at radius 1 is 1.33 bits per heavy atom. The van der Waals surface area contributed by atoms with E-state index in [1.807, 2.05) is 6.20 Å². The van der Waals surface area contributed by atoms with Crippen LogP contribution in [-0.4, -0.2) is 23.4 Å². The molecule has 0 aromatic carbocycles. The Balaban J connectivity index is 3.03.